The highest BCUT2D eigenvalue weighted by molar-refractivity contribution is 7.89. The molecule has 0 unspecified atom stereocenters. The van der Waals surface area contributed by atoms with Gasteiger partial charge in [-0.3, -0.25) is 4.79 Å². The van der Waals surface area contributed by atoms with E-state index in [0.717, 1.165) is 0 Å². The van der Waals surface area contributed by atoms with Crippen LogP contribution in [0.2, 0.25) is 0 Å². The highest BCUT2D eigenvalue weighted by atomic mass is 32.2. The first-order valence-corrected chi connectivity index (χ1v) is 11.3. The van der Waals surface area contributed by atoms with Crippen molar-refractivity contribution in [3.8, 4) is 0 Å². The Kier molecular flexibility index (Phi) is 7.29. The summed E-state index contributed by atoms with van der Waals surface area (Å²) in [5.74, 6) is -0.120. The molecule has 1 aliphatic rings. The zero-order chi connectivity index (χ0) is 21.8. The minimum absolute atomic E-state index is 0.120. The topological polar surface area (TPSA) is 87.2 Å². The third-order valence-electron chi connectivity index (χ3n) is 4.68. The lowest BCUT2D eigenvalue weighted by Gasteiger charge is -2.35. The Morgan fingerprint density at radius 3 is 1.97 bits per heavy atom. The van der Waals surface area contributed by atoms with Crippen LogP contribution >= 0.6 is 0 Å². The van der Waals surface area contributed by atoms with E-state index in [1.165, 1.54) is 21.3 Å². The van der Waals surface area contributed by atoms with E-state index in [0.29, 0.717) is 18.7 Å². The van der Waals surface area contributed by atoms with Crippen molar-refractivity contribution < 1.29 is 22.7 Å². The summed E-state index contributed by atoms with van der Waals surface area (Å²) >= 11 is 0. The number of rotatable bonds is 5. The van der Waals surface area contributed by atoms with Gasteiger partial charge in [0.1, 0.15) is 5.60 Å². The standard InChI is InChI=1S/C20H31N3O5S/c1-6-21(7-2)18(24)16-8-10-17(11-9-16)29(26,27)23-14-12-22(13-15-23)19(25)28-20(3,4)5/h8-11H,6-7,12-15H2,1-5H3. The molecule has 2 amide bonds. The molecule has 1 aliphatic heterocycles. The number of ether oxygens (including phenoxy) is 1. The van der Waals surface area contributed by atoms with E-state index in [4.69, 9.17) is 4.74 Å². The summed E-state index contributed by atoms with van der Waals surface area (Å²) in [6, 6.07) is 6.02. The van der Waals surface area contributed by atoms with Crippen LogP contribution in [0.5, 0.6) is 0 Å². The van der Waals surface area contributed by atoms with Gasteiger partial charge < -0.3 is 14.5 Å². The van der Waals surface area contributed by atoms with E-state index in [-0.39, 0.29) is 37.0 Å². The maximum Gasteiger partial charge on any atom is 0.410 e. The molecule has 1 aromatic rings. The average Bonchev–Trinajstić information content (AvgIpc) is 2.67. The Labute approximate surface area is 173 Å². The molecule has 8 nitrogen and oxygen atoms in total. The van der Waals surface area contributed by atoms with Gasteiger partial charge in [0.2, 0.25) is 10.0 Å². The number of nitrogens with zero attached hydrogens (tertiary/aromatic N) is 3. The number of hydrogen-bond donors (Lipinski definition) is 0. The maximum absolute atomic E-state index is 12.9. The van der Waals surface area contributed by atoms with Crippen molar-refractivity contribution in [1.29, 1.82) is 0 Å². The van der Waals surface area contributed by atoms with Crippen LogP contribution in [0.3, 0.4) is 0 Å². The smallest absolute Gasteiger partial charge is 0.410 e. The molecule has 0 spiro atoms. The van der Waals surface area contributed by atoms with Crippen molar-refractivity contribution in [1.82, 2.24) is 14.1 Å². The van der Waals surface area contributed by atoms with Gasteiger partial charge in [-0.25, -0.2) is 13.2 Å². The summed E-state index contributed by atoms with van der Waals surface area (Å²) in [7, 11) is -3.69. The molecule has 0 atom stereocenters. The molecule has 0 bridgehead atoms. The number of sulfonamides is 1. The van der Waals surface area contributed by atoms with Crippen molar-refractivity contribution in [2.24, 2.45) is 0 Å². The summed E-state index contributed by atoms with van der Waals surface area (Å²) in [6.45, 7) is 11.3. The third-order valence-corrected chi connectivity index (χ3v) is 6.59. The lowest BCUT2D eigenvalue weighted by atomic mass is 10.2. The van der Waals surface area contributed by atoms with Crippen molar-refractivity contribution in [3.63, 3.8) is 0 Å². The van der Waals surface area contributed by atoms with Gasteiger partial charge in [-0.15, -0.1) is 0 Å². The molecular formula is C20H31N3O5S. The Hall–Kier alpha value is -2.13. The first kappa shape index (κ1) is 23.2. The average molecular weight is 426 g/mol. The lowest BCUT2D eigenvalue weighted by Crippen LogP contribution is -2.51. The minimum atomic E-state index is -3.69. The molecule has 29 heavy (non-hydrogen) atoms. The number of piperazine rings is 1. The van der Waals surface area contributed by atoms with Crippen LogP contribution in [0.15, 0.2) is 29.2 Å². The fraction of sp³-hybridized carbons (Fsp3) is 0.600. The third kappa shape index (κ3) is 5.70. The van der Waals surface area contributed by atoms with Crippen LogP contribution in [-0.4, -0.2) is 79.4 Å². The molecule has 162 valence electrons. The normalized spacial score (nSPS) is 15.8. The largest absolute Gasteiger partial charge is 0.444 e. The van der Waals surface area contributed by atoms with Gasteiger partial charge in [-0.05, 0) is 58.9 Å². The lowest BCUT2D eigenvalue weighted by molar-refractivity contribution is 0.0192. The van der Waals surface area contributed by atoms with Crippen LogP contribution in [0.1, 0.15) is 45.0 Å². The molecule has 2 rings (SSSR count). The molecule has 0 aliphatic carbocycles. The van der Waals surface area contributed by atoms with E-state index < -0.39 is 21.7 Å². The zero-order valence-corrected chi connectivity index (χ0v) is 18.7. The van der Waals surface area contributed by atoms with E-state index >= 15 is 0 Å². The fourth-order valence-corrected chi connectivity index (χ4v) is 4.47. The number of benzene rings is 1. The van der Waals surface area contributed by atoms with Gasteiger partial charge in [0, 0.05) is 44.8 Å². The summed E-state index contributed by atoms with van der Waals surface area (Å²) in [4.78, 5) is 27.9. The van der Waals surface area contributed by atoms with Crippen LogP contribution in [0.25, 0.3) is 0 Å². The molecule has 1 saturated heterocycles. The zero-order valence-electron chi connectivity index (χ0n) is 17.8. The van der Waals surface area contributed by atoms with Gasteiger partial charge in [0.05, 0.1) is 4.90 Å². The number of carbonyl (C=O) groups is 2. The Morgan fingerprint density at radius 1 is 1.00 bits per heavy atom. The van der Waals surface area contributed by atoms with Crippen molar-refractivity contribution in [2.75, 3.05) is 39.3 Å². The summed E-state index contributed by atoms with van der Waals surface area (Å²) in [5, 5.41) is 0. The van der Waals surface area contributed by atoms with Gasteiger partial charge in [-0.1, -0.05) is 0 Å². The van der Waals surface area contributed by atoms with Gasteiger partial charge in [-0.2, -0.15) is 4.31 Å². The van der Waals surface area contributed by atoms with Crippen LogP contribution in [0, 0.1) is 0 Å². The Morgan fingerprint density at radius 2 is 1.52 bits per heavy atom. The van der Waals surface area contributed by atoms with Gasteiger partial charge in [0.25, 0.3) is 5.91 Å². The molecule has 1 aromatic carbocycles. The van der Waals surface area contributed by atoms with E-state index in [2.05, 4.69) is 0 Å². The van der Waals surface area contributed by atoms with Crippen molar-refractivity contribution >= 4 is 22.0 Å². The predicted octanol–water partition coefficient (Wildman–Crippen LogP) is 2.41. The number of amides is 2. The molecule has 0 saturated carbocycles. The number of carbonyl (C=O) groups excluding carboxylic acids is 2. The van der Waals surface area contributed by atoms with Crippen LogP contribution in [-0.2, 0) is 14.8 Å². The first-order valence-electron chi connectivity index (χ1n) is 9.87. The molecule has 0 radical (unpaired) electrons. The SMILES string of the molecule is CCN(CC)C(=O)c1ccc(S(=O)(=O)N2CCN(C(=O)OC(C)(C)C)CC2)cc1. The van der Waals surface area contributed by atoms with Crippen LogP contribution in [0.4, 0.5) is 4.79 Å². The summed E-state index contributed by atoms with van der Waals surface area (Å²) in [6.07, 6.45) is -0.436. The first-order chi connectivity index (χ1) is 13.5. The molecule has 1 fully saturated rings. The Balaban J connectivity index is 2.05. The summed E-state index contributed by atoms with van der Waals surface area (Å²) in [5.41, 5.74) is -0.132. The van der Waals surface area contributed by atoms with E-state index in [9.17, 15) is 18.0 Å². The molecule has 1 heterocycles. The van der Waals surface area contributed by atoms with Crippen molar-refractivity contribution in [2.45, 2.75) is 45.1 Å². The van der Waals surface area contributed by atoms with Crippen LogP contribution < -0.4 is 0 Å². The molecule has 9 heteroatoms. The van der Waals surface area contributed by atoms with E-state index in [1.807, 2.05) is 13.8 Å². The minimum Gasteiger partial charge on any atom is -0.444 e. The highest BCUT2D eigenvalue weighted by Gasteiger charge is 2.32. The Bertz CT molecular complexity index is 819. The fourth-order valence-electron chi connectivity index (χ4n) is 3.05. The van der Waals surface area contributed by atoms with Gasteiger partial charge in [0.15, 0.2) is 0 Å². The highest BCUT2D eigenvalue weighted by Crippen LogP contribution is 2.20. The van der Waals surface area contributed by atoms with Crippen molar-refractivity contribution in [3.05, 3.63) is 29.8 Å². The second-order valence-electron chi connectivity index (χ2n) is 7.87. The molecular weight excluding hydrogens is 394 g/mol. The maximum atomic E-state index is 12.9. The van der Waals surface area contributed by atoms with Gasteiger partial charge >= 0.3 is 6.09 Å². The molecule has 0 N–H and O–H groups in total. The predicted molar refractivity (Wildman–Crippen MR) is 110 cm³/mol. The van der Waals surface area contributed by atoms with E-state index in [1.54, 1.807) is 37.8 Å². The number of hydrogen-bond acceptors (Lipinski definition) is 5. The summed E-state index contributed by atoms with van der Waals surface area (Å²) < 4.78 is 32.5. The monoisotopic (exact) mass is 425 g/mol. The second kappa shape index (κ2) is 9.13. The second-order valence-corrected chi connectivity index (χ2v) is 9.81. The quantitative estimate of drug-likeness (QED) is 0.723. The molecule has 0 aromatic heterocycles.